The summed E-state index contributed by atoms with van der Waals surface area (Å²) >= 11 is 0. The lowest BCUT2D eigenvalue weighted by Crippen LogP contribution is -2.23. The van der Waals surface area contributed by atoms with Crippen molar-refractivity contribution in [3.63, 3.8) is 0 Å². The summed E-state index contributed by atoms with van der Waals surface area (Å²) < 4.78 is 0. The van der Waals surface area contributed by atoms with E-state index in [0.29, 0.717) is 11.5 Å². The van der Waals surface area contributed by atoms with E-state index >= 15 is 0 Å². The van der Waals surface area contributed by atoms with Crippen molar-refractivity contribution in [3.8, 4) is 0 Å². The van der Waals surface area contributed by atoms with Crippen LogP contribution in [0, 0.1) is 0 Å². The molecule has 0 unspecified atom stereocenters. The van der Waals surface area contributed by atoms with Gasteiger partial charge < -0.3 is 10.2 Å². The van der Waals surface area contributed by atoms with E-state index in [4.69, 9.17) is 0 Å². The minimum Gasteiger partial charge on any atom is -0.345 e. The van der Waals surface area contributed by atoms with Crippen molar-refractivity contribution in [2.24, 2.45) is 0 Å². The van der Waals surface area contributed by atoms with Crippen LogP contribution < -0.4 is 5.32 Å². The van der Waals surface area contributed by atoms with Crippen LogP contribution in [0.5, 0.6) is 0 Å². The van der Waals surface area contributed by atoms with Crippen molar-refractivity contribution in [2.45, 2.75) is 18.4 Å². The first-order valence-corrected chi connectivity index (χ1v) is 6.68. The van der Waals surface area contributed by atoms with Gasteiger partial charge in [0.2, 0.25) is 5.95 Å². The molecule has 3 rings (SSSR count). The quantitative estimate of drug-likeness (QED) is 0.904. The standard InChI is InChI=1S/C14H16N6O/c1-20(2)12(21)10-5-17-13(18-6-10)19-14(3-4-14)11-7-15-9-16-8-11/h5-9H,3-4H2,1-2H3,(H,17,18,19). The average Bonchev–Trinajstić information content (AvgIpc) is 3.29. The van der Waals surface area contributed by atoms with Crippen LogP contribution in [0.15, 0.2) is 31.1 Å². The molecule has 0 bridgehead atoms. The Labute approximate surface area is 122 Å². The van der Waals surface area contributed by atoms with Crippen LogP contribution in [-0.2, 0) is 5.54 Å². The van der Waals surface area contributed by atoms with Crippen molar-refractivity contribution >= 4 is 11.9 Å². The molecule has 1 aliphatic carbocycles. The minimum absolute atomic E-state index is 0.112. The zero-order chi connectivity index (χ0) is 14.9. The summed E-state index contributed by atoms with van der Waals surface area (Å²) in [6.45, 7) is 0. The normalized spacial score (nSPS) is 15.3. The highest BCUT2D eigenvalue weighted by atomic mass is 16.2. The molecule has 108 valence electrons. The van der Waals surface area contributed by atoms with E-state index in [-0.39, 0.29) is 11.4 Å². The summed E-state index contributed by atoms with van der Waals surface area (Å²) in [5.74, 6) is 0.394. The van der Waals surface area contributed by atoms with E-state index in [1.54, 1.807) is 26.5 Å². The van der Waals surface area contributed by atoms with Gasteiger partial charge in [-0.3, -0.25) is 4.79 Å². The van der Waals surface area contributed by atoms with Crippen LogP contribution in [0.4, 0.5) is 5.95 Å². The zero-order valence-corrected chi connectivity index (χ0v) is 11.9. The number of nitrogens with zero attached hydrogens (tertiary/aromatic N) is 5. The molecule has 0 aromatic carbocycles. The average molecular weight is 284 g/mol. The Balaban J connectivity index is 1.76. The molecule has 1 aliphatic rings. The number of hydrogen-bond acceptors (Lipinski definition) is 6. The highest BCUT2D eigenvalue weighted by Gasteiger charge is 2.45. The monoisotopic (exact) mass is 284 g/mol. The fourth-order valence-electron chi connectivity index (χ4n) is 2.13. The molecule has 7 nitrogen and oxygen atoms in total. The number of anilines is 1. The van der Waals surface area contributed by atoms with Gasteiger partial charge in [-0.05, 0) is 12.8 Å². The maximum Gasteiger partial charge on any atom is 0.256 e. The second-order valence-electron chi connectivity index (χ2n) is 5.33. The van der Waals surface area contributed by atoms with E-state index in [0.717, 1.165) is 18.4 Å². The van der Waals surface area contributed by atoms with Crippen molar-refractivity contribution in [3.05, 3.63) is 42.2 Å². The Hall–Kier alpha value is -2.57. The van der Waals surface area contributed by atoms with Crippen molar-refractivity contribution in [1.29, 1.82) is 0 Å². The van der Waals surface area contributed by atoms with Crippen LogP contribution >= 0.6 is 0 Å². The first-order chi connectivity index (χ1) is 10.1. The molecule has 7 heteroatoms. The summed E-state index contributed by atoms with van der Waals surface area (Å²) in [5, 5.41) is 3.31. The van der Waals surface area contributed by atoms with E-state index in [9.17, 15) is 4.79 Å². The van der Waals surface area contributed by atoms with E-state index in [1.165, 1.54) is 23.6 Å². The molecule has 0 spiro atoms. The smallest absolute Gasteiger partial charge is 0.256 e. The molecule has 2 aromatic heterocycles. The Bertz CT molecular complexity index is 636. The van der Waals surface area contributed by atoms with Gasteiger partial charge >= 0.3 is 0 Å². The third-order valence-electron chi connectivity index (χ3n) is 3.52. The molecular formula is C14H16N6O. The predicted octanol–water partition coefficient (Wildman–Crippen LogP) is 1.07. The van der Waals surface area contributed by atoms with Gasteiger partial charge in [-0.2, -0.15) is 0 Å². The lowest BCUT2D eigenvalue weighted by atomic mass is 10.1. The predicted molar refractivity (Wildman–Crippen MR) is 76.6 cm³/mol. The van der Waals surface area contributed by atoms with E-state index < -0.39 is 0 Å². The number of amides is 1. The summed E-state index contributed by atoms with van der Waals surface area (Å²) in [6.07, 6.45) is 10.2. The third kappa shape index (κ3) is 2.67. The molecule has 0 atom stereocenters. The minimum atomic E-state index is -0.172. The lowest BCUT2D eigenvalue weighted by Gasteiger charge is -2.17. The van der Waals surface area contributed by atoms with Gasteiger partial charge in [-0.25, -0.2) is 19.9 Å². The molecule has 2 heterocycles. The van der Waals surface area contributed by atoms with Gasteiger partial charge in [0.1, 0.15) is 6.33 Å². The van der Waals surface area contributed by atoms with Crippen LogP contribution in [0.3, 0.4) is 0 Å². The molecular weight excluding hydrogens is 268 g/mol. The summed E-state index contributed by atoms with van der Waals surface area (Å²) in [4.78, 5) is 29.8. The maximum absolute atomic E-state index is 11.8. The Morgan fingerprint density at radius 3 is 2.29 bits per heavy atom. The van der Waals surface area contributed by atoms with Gasteiger partial charge in [-0.15, -0.1) is 0 Å². The van der Waals surface area contributed by atoms with Gasteiger partial charge in [-0.1, -0.05) is 0 Å². The van der Waals surface area contributed by atoms with E-state index in [1.807, 2.05) is 0 Å². The topological polar surface area (TPSA) is 83.9 Å². The Kier molecular flexibility index (Phi) is 3.25. The van der Waals surface area contributed by atoms with Crippen molar-refractivity contribution in [1.82, 2.24) is 24.8 Å². The molecule has 0 radical (unpaired) electrons. The number of carbonyl (C=O) groups is 1. The molecule has 1 saturated carbocycles. The molecule has 1 N–H and O–H groups in total. The molecule has 1 fully saturated rings. The number of carbonyl (C=O) groups excluding carboxylic acids is 1. The molecule has 0 aliphatic heterocycles. The second kappa shape index (κ2) is 5.08. The number of hydrogen-bond donors (Lipinski definition) is 1. The first-order valence-electron chi connectivity index (χ1n) is 6.68. The first kappa shape index (κ1) is 13.4. The fourth-order valence-corrected chi connectivity index (χ4v) is 2.13. The number of rotatable bonds is 4. The van der Waals surface area contributed by atoms with Crippen molar-refractivity contribution in [2.75, 3.05) is 19.4 Å². The fraction of sp³-hybridized carbons (Fsp3) is 0.357. The SMILES string of the molecule is CN(C)C(=O)c1cnc(NC2(c3cncnc3)CC2)nc1. The lowest BCUT2D eigenvalue weighted by molar-refractivity contribution is 0.0827. The molecule has 0 saturated heterocycles. The summed E-state index contributed by atoms with van der Waals surface area (Å²) in [6, 6.07) is 0. The van der Waals surface area contributed by atoms with Crippen LogP contribution in [0.25, 0.3) is 0 Å². The van der Waals surface area contributed by atoms with Gasteiger partial charge in [0.15, 0.2) is 0 Å². The summed E-state index contributed by atoms with van der Waals surface area (Å²) in [7, 11) is 3.40. The molecule has 21 heavy (non-hydrogen) atoms. The third-order valence-corrected chi connectivity index (χ3v) is 3.52. The van der Waals surface area contributed by atoms with E-state index in [2.05, 4.69) is 25.3 Å². The highest BCUT2D eigenvalue weighted by molar-refractivity contribution is 5.93. The van der Waals surface area contributed by atoms with Crippen molar-refractivity contribution < 1.29 is 4.79 Å². The zero-order valence-electron chi connectivity index (χ0n) is 11.9. The number of nitrogens with one attached hydrogen (secondary N) is 1. The Morgan fingerprint density at radius 2 is 1.76 bits per heavy atom. The summed E-state index contributed by atoms with van der Waals surface area (Å²) in [5.41, 5.74) is 1.33. The van der Waals surface area contributed by atoms with Gasteiger partial charge in [0.05, 0.1) is 11.1 Å². The molecule has 2 aromatic rings. The Morgan fingerprint density at radius 1 is 1.14 bits per heavy atom. The maximum atomic E-state index is 11.8. The largest absolute Gasteiger partial charge is 0.345 e. The molecule has 1 amide bonds. The van der Waals surface area contributed by atoms with Crippen LogP contribution in [0.1, 0.15) is 28.8 Å². The van der Waals surface area contributed by atoms with Gasteiger partial charge in [0, 0.05) is 44.4 Å². The van der Waals surface area contributed by atoms with Crippen LogP contribution in [-0.4, -0.2) is 44.8 Å². The van der Waals surface area contributed by atoms with Gasteiger partial charge in [0.25, 0.3) is 5.91 Å². The van der Waals surface area contributed by atoms with Crippen LogP contribution in [0.2, 0.25) is 0 Å². The number of aromatic nitrogens is 4. The second-order valence-corrected chi connectivity index (χ2v) is 5.33. The highest BCUT2D eigenvalue weighted by Crippen LogP contribution is 2.47.